The number of nitrogens with two attached hydrogens (primary N) is 1. The summed E-state index contributed by atoms with van der Waals surface area (Å²) >= 11 is 0. The molecule has 0 radical (unpaired) electrons. The number of aliphatic hydroxyl groups is 1. The van der Waals surface area contributed by atoms with Crippen molar-refractivity contribution in [2.75, 3.05) is 13.7 Å². The quantitative estimate of drug-likeness (QED) is 0.767. The van der Waals surface area contributed by atoms with Gasteiger partial charge in [-0.3, -0.25) is 0 Å². The summed E-state index contributed by atoms with van der Waals surface area (Å²) in [6.07, 6.45) is 1.05. The van der Waals surface area contributed by atoms with Gasteiger partial charge in [-0.2, -0.15) is 0 Å². The number of hydrogen-bond donors (Lipinski definition) is 2. The molecule has 0 aliphatic heterocycles. The third-order valence-corrected chi connectivity index (χ3v) is 2.46. The van der Waals surface area contributed by atoms with E-state index in [0.29, 0.717) is 13.0 Å². The monoisotopic (exact) mass is 209 g/mol. The number of aliphatic hydroxyl groups excluding tert-OH is 1. The van der Waals surface area contributed by atoms with Gasteiger partial charge in [-0.15, -0.1) is 0 Å². The van der Waals surface area contributed by atoms with Crippen molar-refractivity contribution in [2.45, 2.75) is 25.9 Å². The highest BCUT2D eigenvalue weighted by Gasteiger charge is 2.06. The molecule has 0 aromatic heterocycles. The molecule has 15 heavy (non-hydrogen) atoms. The fourth-order valence-electron chi connectivity index (χ4n) is 1.50. The average Bonchev–Trinajstić information content (AvgIpc) is 2.26. The molecule has 0 aliphatic carbocycles. The van der Waals surface area contributed by atoms with Crippen LogP contribution in [0.5, 0.6) is 5.75 Å². The van der Waals surface area contributed by atoms with Crippen molar-refractivity contribution in [1.29, 1.82) is 0 Å². The molecule has 1 rings (SSSR count). The third-order valence-electron chi connectivity index (χ3n) is 2.46. The Morgan fingerprint density at radius 1 is 1.47 bits per heavy atom. The minimum absolute atomic E-state index is 0.314. The van der Waals surface area contributed by atoms with E-state index in [-0.39, 0.29) is 0 Å². The normalized spacial score (nSPS) is 12.5. The van der Waals surface area contributed by atoms with Gasteiger partial charge in [0.05, 0.1) is 13.2 Å². The van der Waals surface area contributed by atoms with Crippen LogP contribution in [-0.2, 0) is 6.42 Å². The van der Waals surface area contributed by atoms with E-state index in [1.165, 1.54) is 5.56 Å². The zero-order valence-electron chi connectivity index (χ0n) is 9.36. The number of rotatable bonds is 5. The van der Waals surface area contributed by atoms with Gasteiger partial charge in [0.15, 0.2) is 0 Å². The van der Waals surface area contributed by atoms with Gasteiger partial charge in [-0.1, -0.05) is 12.1 Å². The van der Waals surface area contributed by atoms with E-state index < -0.39 is 6.10 Å². The molecule has 0 bridgehead atoms. The van der Waals surface area contributed by atoms with E-state index in [9.17, 15) is 5.11 Å². The third kappa shape index (κ3) is 3.53. The summed E-state index contributed by atoms with van der Waals surface area (Å²) in [5, 5.41) is 9.37. The average molecular weight is 209 g/mol. The van der Waals surface area contributed by atoms with E-state index in [0.717, 1.165) is 17.7 Å². The summed E-state index contributed by atoms with van der Waals surface area (Å²) in [7, 11) is 1.66. The Balaban J connectivity index is 2.67. The van der Waals surface area contributed by atoms with E-state index in [1.807, 2.05) is 25.1 Å². The molecular weight excluding hydrogens is 190 g/mol. The number of ether oxygens (including phenoxy) is 1. The second-order valence-corrected chi connectivity index (χ2v) is 3.74. The van der Waals surface area contributed by atoms with Gasteiger partial charge in [-0.25, -0.2) is 0 Å². The van der Waals surface area contributed by atoms with E-state index in [2.05, 4.69) is 0 Å². The molecule has 0 amide bonds. The first kappa shape index (κ1) is 12.0. The van der Waals surface area contributed by atoms with E-state index in [4.69, 9.17) is 10.5 Å². The minimum Gasteiger partial charge on any atom is -0.496 e. The van der Waals surface area contributed by atoms with Crippen molar-refractivity contribution < 1.29 is 9.84 Å². The zero-order valence-corrected chi connectivity index (χ0v) is 9.36. The standard InChI is InChI=1S/C12H19NO2/c1-9-3-4-10(12(7-9)15-2)5-6-11(14)8-13/h3-4,7,11,14H,5-6,8,13H2,1-2H3. The molecule has 3 N–H and O–H groups in total. The molecule has 0 saturated heterocycles. The Hall–Kier alpha value is -1.06. The maximum absolute atomic E-state index is 9.37. The summed E-state index contributed by atoms with van der Waals surface area (Å²) in [6, 6.07) is 6.09. The van der Waals surface area contributed by atoms with Gasteiger partial charge in [0.1, 0.15) is 5.75 Å². The first-order valence-corrected chi connectivity index (χ1v) is 5.19. The fourth-order valence-corrected chi connectivity index (χ4v) is 1.50. The van der Waals surface area contributed by atoms with E-state index in [1.54, 1.807) is 7.11 Å². The Labute approximate surface area is 90.9 Å². The van der Waals surface area contributed by atoms with Crippen LogP contribution in [0.25, 0.3) is 0 Å². The number of benzene rings is 1. The van der Waals surface area contributed by atoms with Crippen LogP contribution in [0.2, 0.25) is 0 Å². The van der Waals surface area contributed by atoms with E-state index >= 15 is 0 Å². The Morgan fingerprint density at radius 2 is 2.20 bits per heavy atom. The topological polar surface area (TPSA) is 55.5 Å². The van der Waals surface area contributed by atoms with Gasteiger partial charge in [0.25, 0.3) is 0 Å². The molecule has 1 unspecified atom stereocenters. The van der Waals surface area contributed by atoms with Crippen LogP contribution >= 0.6 is 0 Å². The van der Waals surface area contributed by atoms with Gasteiger partial charge in [0, 0.05) is 6.54 Å². The highest BCUT2D eigenvalue weighted by Crippen LogP contribution is 2.21. The minimum atomic E-state index is -0.420. The summed E-state index contributed by atoms with van der Waals surface area (Å²) in [4.78, 5) is 0. The van der Waals surface area contributed by atoms with Crippen LogP contribution < -0.4 is 10.5 Å². The lowest BCUT2D eigenvalue weighted by molar-refractivity contribution is 0.173. The molecular formula is C12H19NO2. The second-order valence-electron chi connectivity index (χ2n) is 3.74. The van der Waals surface area contributed by atoms with Crippen LogP contribution in [0, 0.1) is 6.92 Å². The number of hydrogen-bond acceptors (Lipinski definition) is 3. The molecule has 1 aromatic rings. The first-order chi connectivity index (χ1) is 7.17. The van der Waals surface area contributed by atoms with Crippen molar-refractivity contribution in [3.63, 3.8) is 0 Å². The first-order valence-electron chi connectivity index (χ1n) is 5.19. The van der Waals surface area contributed by atoms with Crippen molar-refractivity contribution in [3.05, 3.63) is 29.3 Å². The maximum atomic E-state index is 9.37. The predicted molar refractivity (Wildman–Crippen MR) is 61.1 cm³/mol. The lowest BCUT2D eigenvalue weighted by atomic mass is 10.0. The zero-order chi connectivity index (χ0) is 11.3. The molecule has 84 valence electrons. The van der Waals surface area contributed by atoms with Crippen molar-refractivity contribution in [2.24, 2.45) is 5.73 Å². The fraction of sp³-hybridized carbons (Fsp3) is 0.500. The lowest BCUT2D eigenvalue weighted by Crippen LogP contribution is -2.20. The van der Waals surface area contributed by atoms with Crippen molar-refractivity contribution >= 4 is 0 Å². The van der Waals surface area contributed by atoms with Crippen LogP contribution in [0.4, 0.5) is 0 Å². The molecule has 0 fully saturated rings. The summed E-state index contributed by atoms with van der Waals surface area (Å²) in [5.41, 5.74) is 7.65. The number of aryl methyl sites for hydroxylation is 2. The Bertz CT molecular complexity index is 312. The smallest absolute Gasteiger partial charge is 0.122 e. The van der Waals surface area contributed by atoms with Crippen LogP contribution in [0.1, 0.15) is 17.5 Å². The molecule has 0 saturated carbocycles. The van der Waals surface area contributed by atoms with Crippen LogP contribution in [-0.4, -0.2) is 24.9 Å². The molecule has 1 atom stereocenters. The van der Waals surface area contributed by atoms with Gasteiger partial charge in [0.2, 0.25) is 0 Å². The highest BCUT2D eigenvalue weighted by molar-refractivity contribution is 5.37. The summed E-state index contributed by atoms with van der Waals surface area (Å²) < 4.78 is 5.28. The lowest BCUT2D eigenvalue weighted by Gasteiger charge is -2.11. The Morgan fingerprint density at radius 3 is 2.80 bits per heavy atom. The molecule has 3 nitrogen and oxygen atoms in total. The molecule has 1 aromatic carbocycles. The van der Waals surface area contributed by atoms with Crippen LogP contribution in [0.15, 0.2) is 18.2 Å². The summed E-state index contributed by atoms with van der Waals surface area (Å²) in [6.45, 7) is 2.34. The van der Waals surface area contributed by atoms with Crippen LogP contribution in [0.3, 0.4) is 0 Å². The SMILES string of the molecule is COc1cc(C)ccc1CCC(O)CN. The van der Waals surface area contributed by atoms with Crippen molar-refractivity contribution in [3.8, 4) is 5.75 Å². The molecule has 0 heterocycles. The number of methoxy groups -OCH3 is 1. The predicted octanol–water partition coefficient (Wildman–Crippen LogP) is 1.26. The highest BCUT2D eigenvalue weighted by atomic mass is 16.5. The molecule has 3 heteroatoms. The van der Waals surface area contributed by atoms with Gasteiger partial charge in [-0.05, 0) is 37.0 Å². The molecule has 0 aliphatic rings. The van der Waals surface area contributed by atoms with Gasteiger partial charge >= 0.3 is 0 Å². The second kappa shape index (κ2) is 5.73. The van der Waals surface area contributed by atoms with Crippen molar-refractivity contribution in [1.82, 2.24) is 0 Å². The largest absolute Gasteiger partial charge is 0.496 e. The Kier molecular flexibility index (Phi) is 4.59. The molecule has 0 spiro atoms. The summed E-state index contributed by atoms with van der Waals surface area (Å²) in [5.74, 6) is 0.888. The van der Waals surface area contributed by atoms with Gasteiger partial charge < -0.3 is 15.6 Å². The maximum Gasteiger partial charge on any atom is 0.122 e.